The Labute approximate surface area is 178 Å². The van der Waals surface area contributed by atoms with Crippen LogP contribution < -0.4 is 4.74 Å². The van der Waals surface area contributed by atoms with Crippen LogP contribution in [0.2, 0.25) is 0 Å². The molecule has 0 aliphatic heterocycles. The summed E-state index contributed by atoms with van der Waals surface area (Å²) in [6.07, 6.45) is 11.0. The lowest BCUT2D eigenvalue weighted by Crippen LogP contribution is -1.92. The highest BCUT2D eigenvalue weighted by Gasteiger charge is 2.03. The normalized spacial score (nSPS) is 12.1. The van der Waals surface area contributed by atoms with Gasteiger partial charge in [0, 0.05) is 23.5 Å². The van der Waals surface area contributed by atoms with Gasteiger partial charge in [0.2, 0.25) is 0 Å². The van der Waals surface area contributed by atoms with Crippen molar-refractivity contribution in [3.05, 3.63) is 85.2 Å². The molecule has 154 valence electrons. The molecule has 30 heavy (non-hydrogen) atoms. The molecule has 4 heteroatoms. The number of ether oxygens (including phenoxy) is 1. The van der Waals surface area contributed by atoms with E-state index in [4.69, 9.17) is 4.74 Å². The van der Waals surface area contributed by atoms with Crippen LogP contribution >= 0.6 is 0 Å². The molecular weight excluding hydrogens is 375 g/mol. The first kappa shape index (κ1) is 21.4. The van der Waals surface area contributed by atoms with Gasteiger partial charge < -0.3 is 4.74 Å². The van der Waals surface area contributed by atoms with E-state index in [0.29, 0.717) is 18.9 Å². The van der Waals surface area contributed by atoms with Crippen molar-refractivity contribution in [3.63, 3.8) is 0 Å². The van der Waals surface area contributed by atoms with E-state index in [9.17, 15) is 4.39 Å². The van der Waals surface area contributed by atoms with Crippen molar-refractivity contribution in [1.82, 2.24) is 9.97 Å². The summed E-state index contributed by atoms with van der Waals surface area (Å²) >= 11 is 0. The molecule has 0 saturated heterocycles. The second-order valence-electron chi connectivity index (χ2n) is 7.16. The lowest BCUT2D eigenvalue weighted by Gasteiger charge is -2.06. The van der Waals surface area contributed by atoms with Crippen LogP contribution in [0.15, 0.2) is 79.7 Å². The quantitative estimate of drug-likeness (QED) is 0.273. The van der Waals surface area contributed by atoms with E-state index in [2.05, 4.69) is 28.7 Å². The number of hydrogen-bond donors (Lipinski definition) is 0. The Morgan fingerprint density at radius 3 is 2.17 bits per heavy atom. The summed E-state index contributed by atoms with van der Waals surface area (Å²) < 4.78 is 18.3. The van der Waals surface area contributed by atoms with E-state index in [0.717, 1.165) is 40.8 Å². The van der Waals surface area contributed by atoms with Crippen molar-refractivity contribution in [2.24, 2.45) is 0 Å². The van der Waals surface area contributed by atoms with Gasteiger partial charge in [-0.3, -0.25) is 0 Å². The maximum absolute atomic E-state index is 12.8. The highest BCUT2D eigenvalue weighted by Crippen LogP contribution is 2.25. The first-order chi connectivity index (χ1) is 14.7. The number of aromatic nitrogens is 2. The van der Waals surface area contributed by atoms with E-state index in [1.165, 1.54) is 0 Å². The van der Waals surface area contributed by atoms with Crippen LogP contribution in [0.1, 0.15) is 31.7 Å². The summed E-state index contributed by atoms with van der Waals surface area (Å²) in [6.45, 7) is 5.75. The number of allylic oxidation sites excluding steroid dienone is 1. The minimum absolute atomic E-state index is 0.501. The lowest BCUT2D eigenvalue weighted by atomic mass is 10.0. The maximum atomic E-state index is 12.8. The minimum Gasteiger partial charge on any atom is -0.490 e. The molecule has 0 fully saturated rings. The minimum atomic E-state index is -0.733. The summed E-state index contributed by atoms with van der Waals surface area (Å²) in [4.78, 5) is 8.94. The molecule has 0 bridgehead atoms. The molecule has 0 aliphatic carbocycles. The molecule has 3 nitrogen and oxygen atoms in total. The topological polar surface area (TPSA) is 35.0 Å². The fourth-order valence-corrected chi connectivity index (χ4v) is 3.02. The Morgan fingerprint density at radius 2 is 1.57 bits per heavy atom. The van der Waals surface area contributed by atoms with Gasteiger partial charge >= 0.3 is 0 Å². The van der Waals surface area contributed by atoms with E-state index in [1.807, 2.05) is 60.9 Å². The zero-order valence-corrected chi connectivity index (χ0v) is 17.3. The van der Waals surface area contributed by atoms with Crippen molar-refractivity contribution >= 4 is 6.08 Å². The van der Waals surface area contributed by atoms with Crippen LogP contribution in [-0.2, 0) is 0 Å². The van der Waals surface area contributed by atoms with Gasteiger partial charge in [0.25, 0.3) is 0 Å². The summed E-state index contributed by atoms with van der Waals surface area (Å²) in [6, 6.07) is 16.2. The molecule has 1 aromatic heterocycles. The third kappa shape index (κ3) is 6.38. The predicted molar refractivity (Wildman–Crippen MR) is 122 cm³/mol. The Balaban J connectivity index is 1.60. The zero-order valence-electron chi connectivity index (χ0n) is 17.3. The largest absolute Gasteiger partial charge is 0.490 e. The van der Waals surface area contributed by atoms with Gasteiger partial charge in [-0.15, -0.1) is 0 Å². The van der Waals surface area contributed by atoms with Gasteiger partial charge in [-0.05, 0) is 49.4 Å². The number of alkyl halides is 1. The smallest absolute Gasteiger partial charge is 0.159 e. The van der Waals surface area contributed by atoms with Gasteiger partial charge in [0.15, 0.2) is 5.82 Å². The molecule has 2 aromatic carbocycles. The average Bonchev–Trinajstić information content (AvgIpc) is 2.78. The third-order valence-electron chi connectivity index (χ3n) is 4.65. The van der Waals surface area contributed by atoms with E-state index < -0.39 is 6.17 Å². The van der Waals surface area contributed by atoms with Gasteiger partial charge in [0.05, 0.1) is 6.17 Å². The molecule has 0 saturated carbocycles. The molecule has 0 N–H and O–H groups in total. The number of benzene rings is 2. The molecule has 1 atom stereocenters. The fourth-order valence-electron chi connectivity index (χ4n) is 3.02. The van der Waals surface area contributed by atoms with E-state index in [-0.39, 0.29) is 0 Å². The van der Waals surface area contributed by atoms with Crippen LogP contribution in [0.3, 0.4) is 0 Å². The molecule has 3 rings (SSSR count). The SMILES string of the molecule is C=CCOc1ccc(-c2ccc(-c3ncc(/C=C/CCCC(C)F)cn3)cc2)cc1. The second-order valence-corrected chi connectivity index (χ2v) is 7.16. The van der Waals surface area contributed by atoms with E-state index >= 15 is 0 Å². The molecule has 0 aliphatic rings. The summed E-state index contributed by atoms with van der Waals surface area (Å²) in [7, 11) is 0. The summed E-state index contributed by atoms with van der Waals surface area (Å²) in [5.74, 6) is 1.52. The second kappa shape index (κ2) is 11.1. The van der Waals surface area contributed by atoms with E-state index in [1.54, 1.807) is 13.0 Å². The van der Waals surface area contributed by atoms with Crippen LogP contribution in [0.4, 0.5) is 4.39 Å². The first-order valence-electron chi connectivity index (χ1n) is 10.2. The average molecular weight is 403 g/mol. The Bertz CT molecular complexity index is 946. The van der Waals surface area contributed by atoms with Crippen molar-refractivity contribution in [2.45, 2.75) is 32.4 Å². The molecule has 1 heterocycles. The molecule has 0 spiro atoms. The van der Waals surface area contributed by atoms with Crippen molar-refractivity contribution in [2.75, 3.05) is 6.61 Å². The van der Waals surface area contributed by atoms with Crippen molar-refractivity contribution in [3.8, 4) is 28.3 Å². The lowest BCUT2D eigenvalue weighted by molar-refractivity contribution is 0.335. The number of halogens is 1. The Kier molecular flexibility index (Phi) is 7.90. The standard InChI is InChI=1S/C26H27FN2O/c1-3-17-30-25-15-13-23(14-16-25)22-9-11-24(12-10-22)26-28-18-21(19-29-26)8-6-4-5-7-20(2)27/h3,6,8-16,18-20H,1,4-5,7,17H2,2H3/b8-6+. The number of rotatable bonds is 10. The van der Waals surface area contributed by atoms with Gasteiger partial charge in [-0.25, -0.2) is 14.4 Å². The predicted octanol–water partition coefficient (Wildman–Crippen LogP) is 6.92. The monoisotopic (exact) mass is 402 g/mol. The van der Waals surface area contributed by atoms with Gasteiger partial charge in [-0.1, -0.05) is 61.2 Å². The Morgan fingerprint density at radius 1 is 0.967 bits per heavy atom. The number of nitrogens with zero attached hydrogens (tertiary/aromatic N) is 2. The molecule has 1 unspecified atom stereocenters. The highest BCUT2D eigenvalue weighted by molar-refractivity contribution is 5.68. The third-order valence-corrected chi connectivity index (χ3v) is 4.65. The fraction of sp³-hybridized carbons (Fsp3) is 0.231. The van der Waals surface area contributed by atoms with Crippen LogP contribution in [0.25, 0.3) is 28.6 Å². The molecular formula is C26H27FN2O. The summed E-state index contributed by atoms with van der Waals surface area (Å²) in [5, 5.41) is 0. The molecule has 0 amide bonds. The van der Waals surface area contributed by atoms with Crippen LogP contribution in [0.5, 0.6) is 5.75 Å². The van der Waals surface area contributed by atoms with Crippen LogP contribution in [0, 0.1) is 0 Å². The molecule has 3 aromatic rings. The van der Waals surface area contributed by atoms with Crippen LogP contribution in [-0.4, -0.2) is 22.7 Å². The number of unbranched alkanes of at least 4 members (excludes halogenated alkanes) is 1. The number of hydrogen-bond acceptors (Lipinski definition) is 3. The van der Waals surface area contributed by atoms with Crippen molar-refractivity contribution < 1.29 is 9.13 Å². The summed E-state index contributed by atoms with van der Waals surface area (Å²) in [5.41, 5.74) is 4.16. The van der Waals surface area contributed by atoms with Gasteiger partial charge in [0.1, 0.15) is 12.4 Å². The first-order valence-corrected chi connectivity index (χ1v) is 10.2. The van der Waals surface area contributed by atoms with Crippen molar-refractivity contribution in [1.29, 1.82) is 0 Å². The zero-order chi connectivity index (χ0) is 21.2. The highest BCUT2D eigenvalue weighted by atomic mass is 19.1. The maximum Gasteiger partial charge on any atom is 0.159 e. The van der Waals surface area contributed by atoms with Gasteiger partial charge in [-0.2, -0.15) is 0 Å². The Hall–Kier alpha value is -3.27. The molecule has 0 radical (unpaired) electrons.